The van der Waals surface area contributed by atoms with Gasteiger partial charge in [0.1, 0.15) is 10.0 Å². The van der Waals surface area contributed by atoms with Crippen LogP contribution in [0.25, 0.3) is 11.3 Å². The number of nitrogens with zero attached hydrogens (tertiary/aromatic N) is 3. The molecule has 0 fully saturated rings. The summed E-state index contributed by atoms with van der Waals surface area (Å²) in [7, 11) is -2.62. The molecule has 3 rings (SSSR count). The average molecular weight is 406 g/mol. The van der Waals surface area contributed by atoms with Crippen molar-refractivity contribution >= 4 is 27.7 Å². The van der Waals surface area contributed by atoms with Crippen LogP contribution in [0.4, 0.5) is 4.79 Å². The Hall–Kier alpha value is -2.84. The molecular weight excluding hydrogens is 390 g/mol. The normalized spacial score (nSPS) is 11.3. The van der Waals surface area contributed by atoms with Gasteiger partial charge in [-0.05, 0) is 29.3 Å². The molecule has 140 valence electrons. The van der Waals surface area contributed by atoms with E-state index < -0.39 is 16.1 Å². The molecule has 2 heterocycles. The SMILES string of the molecule is CN(Cc1cc(-c2ccccc2)n(S(=O)(=O)c2cccnc2Cl)c1)C(=O)O. The van der Waals surface area contributed by atoms with Crippen molar-refractivity contribution in [2.24, 2.45) is 0 Å². The van der Waals surface area contributed by atoms with E-state index in [9.17, 15) is 13.2 Å². The first-order valence-electron chi connectivity index (χ1n) is 7.87. The smallest absolute Gasteiger partial charge is 0.407 e. The van der Waals surface area contributed by atoms with Crippen LogP contribution in [0.15, 0.2) is 65.8 Å². The molecule has 27 heavy (non-hydrogen) atoms. The van der Waals surface area contributed by atoms with Crippen molar-refractivity contribution in [3.63, 3.8) is 0 Å². The maximum Gasteiger partial charge on any atom is 0.407 e. The molecule has 0 aliphatic carbocycles. The van der Waals surface area contributed by atoms with Crippen molar-refractivity contribution in [1.82, 2.24) is 13.9 Å². The van der Waals surface area contributed by atoms with Crippen LogP contribution in [0.5, 0.6) is 0 Å². The molecule has 2 aromatic heterocycles. The van der Waals surface area contributed by atoms with Gasteiger partial charge < -0.3 is 10.0 Å². The zero-order valence-corrected chi connectivity index (χ0v) is 15.9. The lowest BCUT2D eigenvalue weighted by atomic mass is 10.1. The third-order valence-electron chi connectivity index (χ3n) is 3.92. The second kappa shape index (κ2) is 7.42. The highest BCUT2D eigenvalue weighted by Gasteiger charge is 2.25. The van der Waals surface area contributed by atoms with E-state index in [1.807, 2.05) is 6.07 Å². The first-order valence-corrected chi connectivity index (χ1v) is 9.69. The van der Waals surface area contributed by atoms with Gasteiger partial charge in [0.2, 0.25) is 0 Å². The number of benzene rings is 1. The summed E-state index contributed by atoms with van der Waals surface area (Å²) in [6, 6.07) is 13.5. The molecule has 0 spiro atoms. The number of hydrogen-bond acceptors (Lipinski definition) is 4. The molecule has 9 heteroatoms. The molecule has 1 aromatic carbocycles. The van der Waals surface area contributed by atoms with Crippen molar-refractivity contribution in [1.29, 1.82) is 0 Å². The number of pyridine rings is 1. The van der Waals surface area contributed by atoms with E-state index in [0.29, 0.717) is 16.8 Å². The second-order valence-corrected chi connectivity index (χ2v) is 7.97. The van der Waals surface area contributed by atoms with Gasteiger partial charge in [-0.15, -0.1) is 0 Å². The minimum atomic E-state index is -4.03. The van der Waals surface area contributed by atoms with Crippen molar-refractivity contribution in [2.75, 3.05) is 7.05 Å². The zero-order valence-electron chi connectivity index (χ0n) is 14.3. The Kier molecular flexibility index (Phi) is 5.20. The Balaban J connectivity index is 2.17. The van der Waals surface area contributed by atoms with Crippen LogP contribution in [0.2, 0.25) is 5.15 Å². The van der Waals surface area contributed by atoms with Crippen molar-refractivity contribution in [2.45, 2.75) is 11.4 Å². The summed E-state index contributed by atoms with van der Waals surface area (Å²) in [5.41, 5.74) is 1.61. The first-order chi connectivity index (χ1) is 12.8. The number of halogens is 1. The first kappa shape index (κ1) is 18.9. The molecular formula is C18H16ClN3O4S. The summed E-state index contributed by atoms with van der Waals surface area (Å²) < 4.78 is 27.5. The predicted octanol–water partition coefficient (Wildman–Crippen LogP) is 3.55. The number of aromatic nitrogens is 2. The summed E-state index contributed by atoms with van der Waals surface area (Å²) in [4.78, 5) is 15.9. The maximum atomic E-state index is 13.2. The fraction of sp³-hybridized carbons (Fsp3) is 0.111. The Labute approximate surface area is 161 Å². The molecule has 0 radical (unpaired) electrons. The largest absolute Gasteiger partial charge is 0.465 e. The lowest BCUT2D eigenvalue weighted by Gasteiger charge is -2.12. The Morgan fingerprint density at radius 2 is 1.93 bits per heavy atom. The highest BCUT2D eigenvalue weighted by molar-refractivity contribution is 7.90. The topological polar surface area (TPSA) is 92.5 Å². The van der Waals surface area contributed by atoms with Crippen LogP contribution in [-0.2, 0) is 16.6 Å². The summed E-state index contributed by atoms with van der Waals surface area (Å²) in [6.07, 6.45) is 1.70. The van der Waals surface area contributed by atoms with Crippen molar-refractivity contribution in [3.05, 3.63) is 71.6 Å². The Bertz CT molecular complexity index is 1080. The van der Waals surface area contributed by atoms with E-state index in [2.05, 4.69) is 4.98 Å². The molecule has 0 saturated carbocycles. The van der Waals surface area contributed by atoms with Gasteiger partial charge in [-0.1, -0.05) is 41.9 Å². The highest BCUT2D eigenvalue weighted by atomic mass is 35.5. The molecule has 0 saturated heterocycles. The van der Waals surface area contributed by atoms with Gasteiger partial charge in [-0.25, -0.2) is 22.2 Å². The molecule has 0 atom stereocenters. The number of carboxylic acid groups (broad SMARTS) is 1. The maximum absolute atomic E-state index is 13.2. The van der Waals surface area contributed by atoms with E-state index in [0.717, 1.165) is 8.87 Å². The molecule has 0 unspecified atom stereocenters. The lowest BCUT2D eigenvalue weighted by molar-refractivity contribution is 0.154. The molecule has 0 aliphatic heterocycles. The van der Waals surface area contributed by atoms with Gasteiger partial charge in [0.15, 0.2) is 0 Å². The third-order valence-corrected chi connectivity index (χ3v) is 6.04. The van der Waals surface area contributed by atoms with Crippen molar-refractivity contribution in [3.8, 4) is 11.3 Å². The van der Waals surface area contributed by atoms with Crippen LogP contribution in [0.1, 0.15) is 5.56 Å². The van der Waals surface area contributed by atoms with Gasteiger partial charge in [0.05, 0.1) is 12.2 Å². The lowest BCUT2D eigenvalue weighted by Crippen LogP contribution is -2.23. The van der Waals surface area contributed by atoms with Crippen LogP contribution in [0.3, 0.4) is 0 Å². The summed E-state index contributed by atoms with van der Waals surface area (Å²) >= 11 is 6.00. The van der Waals surface area contributed by atoms with Gasteiger partial charge >= 0.3 is 6.09 Å². The molecule has 1 N–H and O–H groups in total. The van der Waals surface area contributed by atoms with E-state index in [-0.39, 0.29) is 16.6 Å². The van der Waals surface area contributed by atoms with Gasteiger partial charge in [-0.3, -0.25) is 0 Å². The zero-order chi connectivity index (χ0) is 19.6. The minimum Gasteiger partial charge on any atom is -0.465 e. The second-order valence-electron chi connectivity index (χ2n) is 5.83. The standard InChI is InChI=1S/C18H16ClN3O4S/c1-21(18(23)24)11-13-10-15(14-6-3-2-4-7-14)22(12-13)27(25,26)16-8-5-9-20-17(16)19/h2-10,12H,11H2,1H3,(H,23,24). The molecule has 3 aromatic rings. The van der Waals surface area contributed by atoms with E-state index in [4.69, 9.17) is 16.7 Å². The monoisotopic (exact) mass is 405 g/mol. The predicted molar refractivity (Wildman–Crippen MR) is 101 cm³/mol. The van der Waals surface area contributed by atoms with E-state index >= 15 is 0 Å². The molecule has 0 bridgehead atoms. The Morgan fingerprint density at radius 1 is 1.22 bits per heavy atom. The Morgan fingerprint density at radius 3 is 2.56 bits per heavy atom. The van der Waals surface area contributed by atoms with Crippen LogP contribution < -0.4 is 0 Å². The fourth-order valence-corrected chi connectivity index (χ4v) is 4.44. The van der Waals surface area contributed by atoms with Crippen molar-refractivity contribution < 1.29 is 18.3 Å². The van der Waals surface area contributed by atoms with Crippen LogP contribution in [-0.4, -0.2) is 40.5 Å². The fourth-order valence-electron chi connectivity index (χ4n) is 2.61. The van der Waals surface area contributed by atoms with E-state index in [1.165, 1.54) is 31.6 Å². The number of carbonyl (C=O) groups is 1. The highest BCUT2D eigenvalue weighted by Crippen LogP contribution is 2.29. The van der Waals surface area contributed by atoms with Crippen LogP contribution in [0, 0.1) is 0 Å². The van der Waals surface area contributed by atoms with Crippen LogP contribution >= 0.6 is 11.6 Å². The molecule has 1 amide bonds. The molecule has 7 nitrogen and oxygen atoms in total. The van der Waals surface area contributed by atoms with Gasteiger partial charge in [0, 0.05) is 19.4 Å². The number of hydrogen-bond donors (Lipinski definition) is 1. The van der Waals surface area contributed by atoms with Gasteiger partial charge in [0.25, 0.3) is 10.0 Å². The minimum absolute atomic E-state index is 0.0401. The van der Waals surface area contributed by atoms with Gasteiger partial charge in [-0.2, -0.15) is 0 Å². The number of amides is 1. The van der Waals surface area contributed by atoms with E-state index in [1.54, 1.807) is 30.3 Å². The number of rotatable bonds is 5. The third kappa shape index (κ3) is 3.81. The summed E-state index contributed by atoms with van der Waals surface area (Å²) in [5, 5.41) is 8.96. The summed E-state index contributed by atoms with van der Waals surface area (Å²) in [6.45, 7) is 0.0401. The quantitative estimate of drug-likeness (QED) is 0.655. The summed E-state index contributed by atoms with van der Waals surface area (Å²) in [5.74, 6) is 0. The average Bonchev–Trinajstić information content (AvgIpc) is 3.07. The molecule has 0 aliphatic rings.